The lowest BCUT2D eigenvalue weighted by molar-refractivity contribution is 0.419. The van der Waals surface area contributed by atoms with Crippen LogP contribution in [0.4, 0.5) is 0 Å². The van der Waals surface area contributed by atoms with E-state index in [2.05, 4.69) is 27.7 Å². The fourth-order valence-electron chi connectivity index (χ4n) is 2.29. The van der Waals surface area contributed by atoms with Crippen LogP contribution in [0, 0.1) is 0 Å². The van der Waals surface area contributed by atoms with E-state index in [4.69, 9.17) is 13.3 Å². The molecule has 0 aliphatic heterocycles. The largest absolute Gasteiger partial charge is 1.00 e. The second kappa shape index (κ2) is 14.9. The molecule has 0 fully saturated rings. The van der Waals surface area contributed by atoms with E-state index in [0.29, 0.717) is 0 Å². The highest BCUT2D eigenvalue weighted by molar-refractivity contribution is 7.75. The summed E-state index contributed by atoms with van der Waals surface area (Å²) < 4.78 is 25.3. The molecule has 5 heteroatoms. The Labute approximate surface area is 124 Å². The van der Waals surface area contributed by atoms with E-state index in [1.165, 1.54) is 44.7 Å². The minimum absolute atomic E-state index is 0. The highest BCUT2D eigenvalue weighted by Crippen LogP contribution is 2.60. The van der Waals surface area contributed by atoms with Gasteiger partial charge in [0, 0.05) is 7.26 Å². The molecule has 0 aromatic rings. The van der Waals surface area contributed by atoms with Crippen molar-refractivity contribution in [3.63, 3.8) is 0 Å². The van der Waals surface area contributed by atoms with Gasteiger partial charge in [-0.1, -0.05) is 40.0 Å². The van der Waals surface area contributed by atoms with Gasteiger partial charge in [-0.3, -0.25) is 4.21 Å². The van der Waals surface area contributed by atoms with Crippen molar-refractivity contribution in [2.24, 2.45) is 0 Å². The van der Waals surface area contributed by atoms with E-state index in [-0.39, 0.29) is 1.43 Å². The first-order valence-corrected chi connectivity index (χ1v) is 11.1. The predicted octanol–water partition coefficient (Wildman–Crippen LogP) is 4.53. The number of rotatable bonds is 10. The van der Waals surface area contributed by atoms with E-state index in [1.807, 2.05) is 0 Å². The van der Waals surface area contributed by atoms with Gasteiger partial charge in [0.25, 0.3) is 0 Å². The zero-order valence-electron chi connectivity index (χ0n) is 14.2. The second-order valence-electron chi connectivity index (χ2n) is 5.09. The van der Waals surface area contributed by atoms with Gasteiger partial charge in [0.1, 0.15) is 0 Å². The molecule has 0 N–H and O–H groups in total. The van der Waals surface area contributed by atoms with Crippen LogP contribution in [0.25, 0.3) is 0 Å². The summed E-state index contributed by atoms with van der Waals surface area (Å²) in [5, 5.41) is 0. The van der Waals surface area contributed by atoms with Crippen molar-refractivity contribution in [1.29, 1.82) is 0 Å². The molecule has 0 rings (SSSR count). The molecular formula is C14H33O3PS. The Morgan fingerprint density at radius 2 is 1.11 bits per heavy atom. The topological polar surface area (TPSA) is 63.2 Å². The van der Waals surface area contributed by atoms with E-state index in [9.17, 15) is 0 Å². The third-order valence-electron chi connectivity index (χ3n) is 3.63. The standard InChI is InChI=1S/C14H32P.H2O3S/c1-5-9-12-15(8-4,13-10-6-2)14-11-7-3;1-4(2)3/h5-14H2,1-4H3;(H2,1,2,3)/q+1;/p-1. The van der Waals surface area contributed by atoms with Gasteiger partial charge in [-0.2, -0.15) is 0 Å². The van der Waals surface area contributed by atoms with E-state index in [1.54, 1.807) is 18.5 Å². The zero-order valence-corrected chi connectivity index (χ0v) is 14.9. The van der Waals surface area contributed by atoms with Gasteiger partial charge < -0.3 is 9.11 Å². The van der Waals surface area contributed by atoms with Crippen molar-refractivity contribution in [3.05, 3.63) is 0 Å². The van der Waals surface area contributed by atoms with Gasteiger partial charge in [-0.05, 0) is 26.2 Å². The lowest BCUT2D eigenvalue weighted by Crippen LogP contribution is -2.11. The van der Waals surface area contributed by atoms with Gasteiger partial charge in [-0.25, -0.2) is 0 Å². The summed E-state index contributed by atoms with van der Waals surface area (Å²) in [6, 6.07) is 0. The first-order chi connectivity index (χ1) is 8.97. The van der Waals surface area contributed by atoms with Crippen LogP contribution in [0.5, 0.6) is 0 Å². The minimum Gasteiger partial charge on any atom is -0.784 e. The maximum Gasteiger partial charge on any atom is 1.00 e. The molecule has 0 atom stereocenters. The molecule has 0 spiro atoms. The van der Waals surface area contributed by atoms with Gasteiger partial charge in [-0.15, -0.1) is 11.4 Å². The minimum atomic E-state index is -3.11. The summed E-state index contributed by atoms with van der Waals surface area (Å²) in [4.78, 5) is 0. The fraction of sp³-hybridized carbons (Fsp3) is 1.00. The molecule has 0 aliphatic rings. The lowest BCUT2D eigenvalue weighted by Gasteiger charge is -2.26. The molecule has 19 heavy (non-hydrogen) atoms. The van der Waals surface area contributed by atoms with Crippen LogP contribution >= 0.6 is 7.26 Å². The van der Waals surface area contributed by atoms with Crippen LogP contribution < -0.4 is 0 Å². The average molecular weight is 312 g/mol. The third kappa shape index (κ3) is 14.7. The van der Waals surface area contributed by atoms with E-state index >= 15 is 0 Å². The normalized spacial score (nSPS) is 11.3. The molecule has 0 aromatic heterocycles. The maximum absolute atomic E-state index is 8.44. The third-order valence-corrected chi connectivity index (χ3v) is 8.77. The van der Waals surface area contributed by atoms with Crippen LogP contribution in [0.1, 0.15) is 67.6 Å². The summed E-state index contributed by atoms with van der Waals surface area (Å²) in [5.41, 5.74) is 0. The summed E-state index contributed by atoms with van der Waals surface area (Å²) in [6.07, 6.45) is 14.9. The Morgan fingerprint density at radius 1 is 0.842 bits per heavy atom. The van der Waals surface area contributed by atoms with Crippen LogP contribution in [0.3, 0.4) is 0 Å². The van der Waals surface area contributed by atoms with Gasteiger partial charge in [0.2, 0.25) is 0 Å². The van der Waals surface area contributed by atoms with Gasteiger partial charge in [0.15, 0.2) is 0 Å². The number of hydrogen-bond donors (Lipinski definition) is 0. The van der Waals surface area contributed by atoms with Crippen LogP contribution in [0.15, 0.2) is 0 Å². The maximum atomic E-state index is 8.44. The SMILES string of the molecule is CCCC[P+](CC)(CCCC)CCCC.O=S([O-])[O-].[H+]. The summed E-state index contributed by atoms with van der Waals surface area (Å²) in [5.74, 6) is 0. The number of hydrogen-bond acceptors (Lipinski definition) is 3. The first kappa shape index (κ1) is 21.8. The van der Waals surface area contributed by atoms with Crippen LogP contribution in [-0.4, -0.2) is 38.0 Å². The van der Waals surface area contributed by atoms with Crippen LogP contribution in [0.2, 0.25) is 0 Å². The molecule has 0 saturated carbocycles. The van der Waals surface area contributed by atoms with Crippen molar-refractivity contribution in [2.45, 2.75) is 66.2 Å². The van der Waals surface area contributed by atoms with Crippen molar-refractivity contribution >= 4 is 18.6 Å². The summed E-state index contributed by atoms with van der Waals surface area (Å²) in [7, 11) is -0.527. The Hall–Kier alpha value is 0.500. The molecule has 0 radical (unpaired) electrons. The Balaban J connectivity index is -0.000000508. The summed E-state index contributed by atoms with van der Waals surface area (Å²) in [6.45, 7) is 9.46. The van der Waals surface area contributed by atoms with Crippen LogP contribution in [-0.2, 0) is 11.4 Å². The molecule has 118 valence electrons. The second-order valence-corrected chi connectivity index (χ2v) is 10.2. The highest BCUT2D eigenvalue weighted by Gasteiger charge is 2.32. The van der Waals surface area contributed by atoms with Crippen molar-refractivity contribution < 1.29 is 14.7 Å². The quantitative estimate of drug-likeness (QED) is 0.439. The summed E-state index contributed by atoms with van der Waals surface area (Å²) >= 11 is -3.11. The Bertz CT molecular complexity index is 193. The lowest BCUT2D eigenvalue weighted by atomic mass is 10.4. The van der Waals surface area contributed by atoms with E-state index in [0.717, 1.165) is 0 Å². The fourth-order valence-corrected chi connectivity index (χ4v) is 6.87. The molecular weight excluding hydrogens is 279 g/mol. The van der Waals surface area contributed by atoms with Crippen molar-refractivity contribution in [1.82, 2.24) is 0 Å². The highest BCUT2D eigenvalue weighted by atomic mass is 32.2. The Morgan fingerprint density at radius 3 is 1.26 bits per heavy atom. The molecule has 0 aliphatic carbocycles. The van der Waals surface area contributed by atoms with Crippen molar-refractivity contribution in [2.75, 3.05) is 24.6 Å². The van der Waals surface area contributed by atoms with Gasteiger partial charge >= 0.3 is 1.43 Å². The Kier molecular flexibility index (Phi) is 17.1. The molecule has 0 bridgehead atoms. The predicted molar refractivity (Wildman–Crippen MR) is 87.6 cm³/mol. The average Bonchev–Trinajstić information content (AvgIpc) is 2.38. The zero-order chi connectivity index (χ0) is 15.1. The van der Waals surface area contributed by atoms with Crippen molar-refractivity contribution in [3.8, 4) is 0 Å². The molecule has 0 amide bonds. The monoisotopic (exact) mass is 312 g/mol. The first-order valence-electron chi connectivity index (χ1n) is 7.59. The molecule has 0 saturated heterocycles. The van der Waals surface area contributed by atoms with E-state index < -0.39 is 18.6 Å². The smallest absolute Gasteiger partial charge is 0.784 e. The van der Waals surface area contributed by atoms with Gasteiger partial charge in [0.05, 0.1) is 24.6 Å². The molecule has 0 heterocycles. The number of unbranched alkanes of at least 4 members (excludes halogenated alkanes) is 3. The molecule has 0 unspecified atom stereocenters. The molecule has 3 nitrogen and oxygen atoms in total. The molecule has 0 aromatic carbocycles.